The first kappa shape index (κ1) is 16.2. The largest absolute Gasteiger partial charge is 0.478 e. The van der Waals surface area contributed by atoms with Crippen molar-refractivity contribution in [2.45, 2.75) is 13.5 Å². The molecule has 3 heterocycles. The zero-order valence-electron chi connectivity index (χ0n) is 13.3. The number of rotatable bonds is 5. The molecule has 0 amide bonds. The van der Waals surface area contributed by atoms with E-state index in [0.29, 0.717) is 23.5 Å². The highest BCUT2D eigenvalue weighted by molar-refractivity contribution is 5.89. The number of anilines is 2. The van der Waals surface area contributed by atoms with E-state index in [2.05, 4.69) is 30.2 Å². The quantitative estimate of drug-likeness (QED) is 0.632. The van der Waals surface area contributed by atoms with E-state index in [1.54, 1.807) is 12.4 Å². The molecule has 3 rings (SSSR count). The number of aryl methyl sites for hydroxylation is 1. The van der Waals surface area contributed by atoms with Crippen molar-refractivity contribution in [3.63, 3.8) is 0 Å². The van der Waals surface area contributed by atoms with Crippen molar-refractivity contribution in [3.05, 3.63) is 54.0 Å². The van der Waals surface area contributed by atoms with E-state index in [4.69, 9.17) is 10.8 Å². The van der Waals surface area contributed by atoms with Crippen LogP contribution in [-0.4, -0.2) is 36.0 Å². The highest BCUT2D eigenvalue weighted by Gasteiger charge is 2.12. The van der Waals surface area contributed by atoms with Crippen LogP contribution in [0.3, 0.4) is 0 Å². The van der Waals surface area contributed by atoms with Gasteiger partial charge in [0, 0.05) is 35.9 Å². The fraction of sp³-hybridized carbons (Fsp3) is 0.125. The van der Waals surface area contributed by atoms with Gasteiger partial charge in [-0.3, -0.25) is 15.0 Å². The second-order valence-electron chi connectivity index (χ2n) is 5.26. The van der Waals surface area contributed by atoms with Crippen LogP contribution in [-0.2, 0) is 6.54 Å². The molecule has 0 aliphatic heterocycles. The molecule has 0 aromatic carbocycles. The number of hydrogen-bond acceptors (Lipinski definition) is 8. The zero-order valence-corrected chi connectivity index (χ0v) is 13.3. The Bertz CT molecular complexity index is 913. The van der Waals surface area contributed by atoms with Gasteiger partial charge in [0.25, 0.3) is 0 Å². The summed E-state index contributed by atoms with van der Waals surface area (Å²) in [5.74, 6) is -0.502. The van der Waals surface area contributed by atoms with Gasteiger partial charge in [0.2, 0.25) is 5.95 Å². The lowest BCUT2D eigenvalue weighted by molar-refractivity contribution is 0.0696. The fourth-order valence-corrected chi connectivity index (χ4v) is 2.13. The first-order valence-corrected chi connectivity index (χ1v) is 7.35. The first-order valence-electron chi connectivity index (χ1n) is 7.35. The maximum Gasteiger partial charge on any atom is 0.337 e. The van der Waals surface area contributed by atoms with E-state index in [-0.39, 0.29) is 11.5 Å². The van der Waals surface area contributed by atoms with Gasteiger partial charge >= 0.3 is 5.97 Å². The monoisotopic (exact) mass is 337 g/mol. The summed E-state index contributed by atoms with van der Waals surface area (Å²) in [6.07, 6.45) is 7.68. The average Bonchev–Trinajstić information content (AvgIpc) is 2.61. The molecule has 0 fully saturated rings. The van der Waals surface area contributed by atoms with Crippen LogP contribution in [0.25, 0.3) is 11.1 Å². The predicted molar refractivity (Wildman–Crippen MR) is 90.7 cm³/mol. The Morgan fingerprint density at radius 3 is 2.72 bits per heavy atom. The Morgan fingerprint density at radius 2 is 2.00 bits per heavy atom. The molecule has 3 aromatic heterocycles. The SMILES string of the molecule is Cc1cnc(CNc2nc(N)ncc2-c2cncc(C(=O)O)c2)cn1. The highest BCUT2D eigenvalue weighted by atomic mass is 16.4. The van der Waals surface area contributed by atoms with Crippen LogP contribution < -0.4 is 11.1 Å². The average molecular weight is 337 g/mol. The lowest BCUT2D eigenvalue weighted by atomic mass is 10.1. The topological polar surface area (TPSA) is 140 Å². The molecule has 0 saturated heterocycles. The lowest BCUT2D eigenvalue weighted by Gasteiger charge is -2.11. The number of carboxylic acid groups (broad SMARTS) is 1. The molecule has 0 bridgehead atoms. The molecule has 0 saturated carbocycles. The number of carbonyl (C=O) groups is 1. The van der Waals surface area contributed by atoms with Crippen LogP contribution in [0, 0.1) is 6.92 Å². The summed E-state index contributed by atoms with van der Waals surface area (Å²) in [6, 6.07) is 1.50. The molecule has 25 heavy (non-hydrogen) atoms. The maximum absolute atomic E-state index is 11.1. The van der Waals surface area contributed by atoms with Crippen molar-refractivity contribution in [1.29, 1.82) is 0 Å². The van der Waals surface area contributed by atoms with E-state index in [0.717, 1.165) is 11.4 Å². The second-order valence-corrected chi connectivity index (χ2v) is 5.26. The Hall–Kier alpha value is -3.62. The zero-order chi connectivity index (χ0) is 17.8. The predicted octanol–water partition coefficient (Wildman–Crippen LogP) is 1.53. The fourth-order valence-electron chi connectivity index (χ4n) is 2.13. The number of nitrogens with two attached hydrogens (primary N) is 1. The molecular formula is C16H15N7O2. The Morgan fingerprint density at radius 1 is 1.16 bits per heavy atom. The van der Waals surface area contributed by atoms with E-state index in [1.165, 1.54) is 24.7 Å². The first-order chi connectivity index (χ1) is 12.0. The Balaban J connectivity index is 1.91. The molecule has 0 atom stereocenters. The van der Waals surface area contributed by atoms with Crippen molar-refractivity contribution in [3.8, 4) is 11.1 Å². The van der Waals surface area contributed by atoms with Crippen molar-refractivity contribution in [2.24, 2.45) is 0 Å². The summed E-state index contributed by atoms with van der Waals surface area (Å²) >= 11 is 0. The van der Waals surface area contributed by atoms with Crippen molar-refractivity contribution in [2.75, 3.05) is 11.1 Å². The van der Waals surface area contributed by atoms with Gasteiger partial charge in [0.15, 0.2) is 0 Å². The molecule has 0 unspecified atom stereocenters. The van der Waals surface area contributed by atoms with Crippen molar-refractivity contribution in [1.82, 2.24) is 24.9 Å². The number of aromatic carboxylic acids is 1. The van der Waals surface area contributed by atoms with Gasteiger partial charge in [-0.25, -0.2) is 9.78 Å². The third kappa shape index (κ3) is 3.83. The second kappa shape index (κ2) is 6.87. The van der Waals surface area contributed by atoms with Crippen LogP contribution in [0.1, 0.15) is 21.7 Å². The summed E-state index contributed by atoms with van der Waals surface area (Å²) in [4.78, 5) is 31.7. The molecule has 9 nitrogen and oxygen atoms in total. The highest BCUT2D eigenvalue weighted by Crippen LogP contribution is 2.26. The molecule has 126 valence electrons. The number of nitrogens with zero attached hydrogens (tertiary/aromatic N) is 5. The standard InChI is InChI=1S/C16H15N7O2/c1-9-3-20-12(6-19-9)7-21-14-13(8-22-16(17)23-14)10-2-11(15(24)25)5-18-4-10/h2-6,8H,7H2,1H3,(H,24,25)(H3,17,21,22,23). The van der Waals surface area contributed by atoms with Gasteiger partial charge in [-0.05, 0) is 13.0 Å². The van der Waals surface area contributed by atoms with E-state index in [9.17, 15) is 4.79 Å². The molecule has 0 aliphatic carbocycles. The molecule has 0 radical (unpaired) electrons. The summed E-state index contributed by atoms with van der Waals surface area (Å²) in [6.45, 7) is 2.23. The minimum absolute atomic E-state index is 0.0738. The number of pyridine rings is 1. The van der Waals surface area contributed by atoms with Gasteiger partial charge in [0.1, 0.15) is 5.82 Å². The van der Waals surface area contributed by atoms with Gasteiger partial charge in [0.05, 0.1) is 29.7 Å². The third-order valence-corrected chi connectivity index (χ3v) is 3.37. The molecule has 0 aliphatic rings. The van der Waals surface area contributed by atoms with E-state index >= 15 is 0 Å². The summed E-state index contributed by atoms with van der Waals surface area (Å²) < 4.78 is 0. The number of carboxylic acids is 1. The van der Waals surface area contributed by atoms with Gasteiger partial charge in [-0.15, -0.1) is 0 Å². The molecule has 9 heteroatoms. The van der Waals surface area contributed by atoms with Crippen LogP contribution in [0.5, 0.6) is 0 Å². The van der Waals surface area contributed by atoms with Crippen molar-refractivity contribution >= 4 is 17.7 Å². The molecular weight excluding hydrogens is 322 g/mol. The van der Waals surface area contributed by atoms with Crippen molar-refractivity contribution < 1.29 is 9.90 Å². The van der Waals surface area contributed by atoms with Gasteiger partial charge in [-0.1, -0.05) is 0 Å². The van der Waals surface area contributed by atoms with Crippen LogP contribution in [0.2, 0.25) is 0 Å². The lowest BCUT2D eigenvalue weighted by Crippen LogP contribution is -2.08. The summed E-state index contributed by atoms with van der Waals surface area (Å²) in [7, 11) is 0. The smallest absolute Gasteiger partial charge is 0.337 e. The van der Waals surface area contributed by atoms with E-state index in [1.807, 2.05) is 6.92 Å². The Labute approximate surface area is 143 Å². The minimum atomic E-state index is -1.06. The number of nitrogens with one attached hydrogen (secondary N) is 1. The number of aromatic nitrogens is 5. The van der Waals surface area contributed by atoms with Crippen LogP contribution in [0.15, 0.2) is 37.1 Å². The van der Waals surface area contributed by atoms with Crippen LogP contribution in [0.4, 0.5) is 11.8 Å². The van der Waals surface area contributed by atoms with Crippen LogP contribution >= 0.6 is 0 Å². The minimum Gasteiger partial charge on any atom is -0.478 e. The molecule has 3 aromatic rings. The maximum atomic E-state index is 11.1. The number of hydrogen-bond donors (Lipinski definition) is 3. The Kier molecular flexibility index (Phi) is 4.46. The third-order valence-electron chi connectivity index (χ3n) is 3.37. The summed E-state index contributed by atoms with van der Waals surface area (Å²) in [5.41, 5.74) is 8.46. The summed E-state index contributed by atoms with van der Waals surface area (Å²) in [5, 5.41) is 12.3. The number of nitrogen functional groups attached to an aromatic ring is 1. The molecule has 0 spiro atoms. The van der Waals surface area contributed by atoms with E-state index < -0.39 is 5.97 Å². The molecule has 4 N–H and O–H groups in total. The van der Waals surface area contributed by atoms with Gasteiger partial charge < -0.3 is 16.2 Å². The van der Waals surface area contributed by atoms with Gasteiger partial charge in [-0.2, -0.15) is 4.98 Å². The normalized spacial score (nSPS) is 10.4.